The van der Waals surface area contributed by atoms with E-state index >= 15 is 0 Å². The number of phenolic OH excluding ortho intramolecular Hbond substituents is 1. The van der Waals surface area contributed by atoms with Crippen LogP contribution in [0.5, 0.6) is 5.75 Å². The molecular weight excluding hydrogens is 390 g/mol. The van der Waals surface area contributed by atoms with Crippen molar-refractivity contribution in [2.75, 3.05) is 32.6 Å². The summed E-state index contributed by atoms with van der Waals surface area (Å²) in [5, 5.41) is 24.1. The normalized spacial score (nSPS) is 12.4. The number of nitrogens with one attached hydrogen (secondary N) is 1. The molecule has 1 atom stereocenters. The number of fused-ring (bicyclic) bond motifs is 1. The van der Waals surface area contributed by atoms with E-state index in [1.54, 1.807) is 18.5 Å². The molecule has 0 fully saturated rings. The number of nitrogens with zero attached hydrogens (tertiary/aromatic N) is 4. The molecule has 0 spiro atoms. The highest BCUT2D eigenvalue weighted by molar-refractivity contribution is 6.01. The monoisotopic (exact) mass is 417 g/mol. The van der Waals surface area contributed by atoms with Gasteiger partial charge in [0.05, 0.1) is 18.0 Å². The molecule has 3 N–H and O–H groups in total. The molecule has 7 nitrogen and oxygen atoms in total. The van der Waals surface area contributed by atoms with E-state index < -0.39 is 0 Å². The van der Waals surface area contributed by atoms with Crippen LogP contribution in [0.1, 0.15) is 11.6 Å². The zero-order valence-corrected chi connectivity index (χ0v) is 17.7. The highest BCUT2D eigenvalue weighted by atomic mass is 16.3. The number of hydrogen-bond donors (Lipinski definition) is 3. The molecule has 2 heterocycles. The van der Waals surface area contributed by atoms with E-state index in [-0.39, 0.29) is 18.4 Å². The first-order chi connectivity index (χ1) is 15.1. The molecule has 0 radical (unpaired) electrons. The third kappa shape index (κ3) is 4.52. The number of likely N-dealkylation sites (N-methyl/N-ethyl adjacent to an activating group) is 1. The van der Waals surface area contributed by atoms with E-state index in [1.807, 2.05) is 56.6 Å². The van der Waals surface area contributed by atoms with Crippen LogP contribution in [0.4, 0.5) is 5.82 Å². The van der Waals surface area contributed by atoms with Crippen molar-refractivity contribution >= 4 is 16.9 Å². The fraction of sp³-hybridized carbons (Fsp3) is 0.250. The van der Waals surface area contributed by atoms with Gasteiger partial charge in [-0.3, -0.25) is 0 Å². The Morgan fingerprint density at radius 1 is 1.03 bits per heavy atom. The first kappa shape index (κ1) is 20.8. The predicted molar refractivity (Wildman–Crippen MR) is 123 cm³/mol. The van der Waals surface area contributed by atoms with Gasteiger partial charge in [-0.1, -0.05) is 42.5 Å². The van der Waals surface area contributed by atoms with Gasteiger partial charge in [-0.2, -0.15) is 0 Å². The largest absolute Gasteiger partial charge is 0.508 e. The lowest BCUT2D eigenvalue weighted by Gasteiger charge is -2.18. The molecule has 7 heteroatoms. The number of aromatic hydroxyl groups is 1. The SMILES string of the molecule is CN(C)CCn1cc(-c2ccc(O)cc2)c2c(N[C@H](CO)c3ccccc3)ncnc21. The van der Waals surface area contributed by atoms with Gasteiger partial charge in [0.15, 0.2) is 0 Å². The van der Waals surface area contributed by atoms with Crippen LogP contribution in [0.3, 0.4) is 0 Å². The summed E-state index contributed by atoms with van der Waals surface area (Å²) in [4.78, 5) is 11.2. The first-order valence-corrected chi connectivity index (χ1v) is 10.3. The van der Waals surface area contributed by atoms with Crippen molar-refractivity contribution in [3.05, 3.63) is 72.7 Å². The van der Waals surface area contributed by atoms with Gasteiger partial charge in [-0.15, -0.1) is 0 Å². The van der Waals surface area contributed by atoms with Gasteiger partial charge in [0.1, 0.15) is 23.5 Å². The van der Waals surface area contributed by atoms with Crippen molar-refractivity contribution in [3.8, 4) is 16.9 Å². The number of hydrogen-bond acceptors (Lipinski definition) is 6. The molecule has 0 aliphatic carbocycles. The molecule has 2 aromatic heterocycles. The third-order valence-electron chi connectivity index (χ3n) is 5.32. The van der Waals surface area contributed by atoms with Crippen molar-refractivity contribution < 1.29 is 10.2 Å². The molecule has 0 aliphatic rings. The fourth-order valence-electron chi connectivity index (χ4n) is 3.66. The number of anilines is 1. The van der Waals surface area contributed by atoms with Crippen molar-refractivity contribution in [2.45, 2.75) is 12.6 Å². The Morgan fingerprint density at radius 2 is 1.77 bits per heavy atom. The molecule has 2 aromatic carbocycles. The zero-order valence-electron chi connectivity index (χ0n) is 17.7. The van der Waals surface area contributed by atoms with Crippen LogP contribution < -0.4 is 5.32 Å². The van der Waals surface area contributed by atoms with E-state index in [0.29, 0.717) is 5.82 Å². The summed E-state index contributed by atoms with van der Waals surface area (Å²) in [6.07, 6.45) is 3.63. The highest BCUT2D eigenvalue weighted by Gasteiger charge is 2.19. The molecule has 0 unspecified atom stereocenters. The molecular formula is C24H27N5O2. The van der Waals surface area contributed by atoms with Crippen LogP contribution in [0.15, 0.2) is 67.1 Å². The average molecular weight is 418 g/mol. The Hall–Kier alpha value is -3.42. The second kappa shape index (κ2) is 9.16. The number of aliphatic hydroxyl groups is 1. The van der Waals surface area contributed by atoms with Gasteiger partial charge in [-0.25, -0.2) is 9.97 Å². The number of rotatable bonds is 8. The lowest BCUT2D eigenvalue weighted by atomic mass is 10.0. The first-order valence-electron chi connectivity index (χ1n) is 10.3. The van der Waals surface area contributed by atoms with Crippen molar-refractivity contribution in [3.63, 3.8) is 0 Å². The van der Waals surface area contributed by atoms with E-state index in [0.717, 1.165) is 40.8 Å². The van der Waals surface area contributed by atoms with Gasteiger partial charge >= 0.3 is 0 Å². The third-order valence-corrected chi connectivity index (χ3v) is 5.32. The molecule has 0 saturated heterocycles. The topological polar surface area (TPSA) is 86.4 Å². The highest BCUT2D eigenvalue weighted by Crippen LogP contribution is 2.35. The molecule has 4 aromatic rings. The number of aliphatic hydroxyl groups excluding tert-OH is 1. The summed E-state index contributed by atoms with van der Waals surface area (Å²) in [6.45, 7) is 1.58. The van der Waals surface area contributed by atoms with Crippen molar-refractivity contribution in [1.29, 1.82) is 0 Å². The lowest BCUT2D eigenvalue weighted by Crippen LogP contribution is -2.18. The van der Waals surface area contributed by atoms with E-state index in [9.17, 15) is 10.2 Å². The number of benzene rings is 2. The van der Waals surface area contributed by atoms with Gasteiger partial charge in [0.25, 0.3) is 0 Å². The van der Waals surface area contributed by atoms with E-state index in [1.165, 1.54) is 0 Å². The molecule has 0 saturated carbocycles. The van der Waals surface area contributed by atoms with Crippen LogP contribution in [0, 0.1) is 0 Å². The van der Waals surface area contributed by atoms with Crippen LogP contribution >= 0.6 is 0 Å². The van der Waals surface area contributed by atoms with Crippen LogP contribution in [-0.2, 0) is 6.54 Å². The Kier molecular flexibility index (Phi) is 6.16. The average Bonchev–Trinajstić information content (AvgIpc) is 3.16. The zero-order chi connectivity index (χ0) is 21.8. The summed E-state index contributed by atoms with van der Waals surface area (Å²) < 4.78 is 2.13. The maximum Gasteiger partial charge on any atom is 0.146 e. The molecule has 31 heavy (non-hydrogen) atoms. The Balaban J connectivity index is 1.82. The molecule has 0 aliphatic heterocycles. The minimum atomic E-state index is -0.294. The second-order valence-electron chi connectivity index (χ2n) is 7.80. The summed E-state index contributed by atoms with van der Waals surface area (Å²) in [6, 6.07) is 16.7. The predicted octanol–water partition coefficient (Wildman–Crippen LogP) is 3.51. The molecule has 0 bridgehead atoms. The van der Waals surface area contributed by atoms with Gasteiger partial charge in [-0.05, 0) is 37.4 Å². The Labute approximate surface area is 181 Å². The molecule has 160 valence electrons. The Bertz CT molecular complexity index is 1140. The minimum absolute atomic E-state index is 0.0641. The summed E-state index contributed by atoms with van der Waals surface area (Å²) in [5.41, 5.74) is 3.74. The van der Waals surface area contributed by atoms with Crippen LogP contribution in [0.25, 0.3) is 22.2 Å². The van der Waals surface area contributed by atoms with E-state index in [2.05, 4.69) is 30.9 Å². The van der Waals surface area contributed by atoms with Gasteiger partial charge in [0, 0.05) is 24.8 Å². The maximum atomic E-state index is 10.0. The Morgan fingerprint density at radius 3 is 2.45 bits per heavy atom. The minimum Gasteiger partial charge on any atom is -0.508 e. The summed E-state index contributed by atoms with van der Waals surface area (Å²) >= 11 is 0. The molecule has 0 amide bonds. The maximum absolute atomic E-state index is 10.0. The summed E-state index contributed by atoms with van der Waals surface area (Å²) in [7, 11) is 4.08. The smallest absolute Gasteiger partial charge is 0.146 e. The number of aromatic nitrogens is 3. The fourth-order valence-corrected chi connectivity index (χ4v) is 3.66. The van der Waals surface area contributed by atoms with Gasteiger partial charge in [0.2, 0.25) is 0 Å². The standard InChI is InChI=1S/C24H27N5O2/c1-28(2)12-13-29-14-20(17-8-10-19(31)11-9-17)22-23(25-16-26-24(22)29)27-21(15-30)18-6-4-3-5-7-18/h3-11,14,16,21,30-31H,12-13,15H2,1-2H3,(H,25,26,27)/t21-/m1/s1. The van der Waals surface area contributed by atoms with Crippen molar-refractivity contribution in [2.24, 2.45) is 0 Å². The van der Waals surface area contributed by atoms with Crippen LogP contribution in [-0.4, -0.2) is 56.9 Å². The summed E-state index contributed by atoms with van der Waals surface area (Å²) in [5.74, 6) is 0.888. The number of phenols is 1. The molecule has 4 rings (SSSR count). The van der Waals surface area contributed by atoms with Gasteiger partial charge < -0.3 is 25.0 Å². The lowest BCUT2D eigenvalue weighted by molar-refractivity contribution is 0.276. The van der Waals surface area contributed by atoms with Crippen LogP contribution in [0.2, 0.25) is 0 Å². The quantitative estimate of drug-likeness (QED) is 0.407. The second-order valence-corrected chi connectivity index (χ2v) is 7.80. The van der Waals surface area contributed by atoms with E-state index in [4.69, 9.17) is 0 Å². The van der Waals surface area contributed by atoms with Crippen molar-refractivity contribution in [1.82, 2.24) is 19.4 Å².